The number of benzene rings is 1. The van der Waals surface area contributed by atoms with E-state index in [1.54, 1.807) is 31.2 Å². The average Bonchev–Trinajstić information content (AvgIpc) is 2.18. The van der Waals surface area contributed by atoms with Crippen molar-refractivity contribution in [1.29, 1.82) is 0 Å². The largest absolute Gasteiger partial charge is 0.446 e. The van der Waals surface area contributed by atoms with E-state index < -0.39 is 12.1 Å². The number of carbonyl (C=O) groups is 1. The summed E-state index contributed by atoms with van der Waals surface area (Å²) in [5.41, 5.74) is 0.441. The number of halogens is 1. The smallest absolute Gasteiger partial charge is 0.339 e. The second-order valence-electron chi connectivity index (χ2n) is 2.72. The molecule has 0 radical (unpaired) electrons. The van der Waals surface area contributed by atoms with E-state index in [0.29, 0.717) is 10.6 Å². The standard InChI is InChI=1S/C11H9ClO2/c1-3-8(2)14-11(13)9-4-6-10(12)7-5-9/h1,4-8H,2H3. The van der Waals surface area contributed by atoms with Gasteiger partial charge in [-0.25, -0.2) is 4.79 Å². The molecule has 72 valence electrons. The quantitative estimate of drug-likeness (QED) is 0.552. The summed E-state index contributed by atoms with van der Waals surface area (Å²) in [6.07, 6.45) is 4.56. The Morgan fingerprint density at radius 2 is 2.07 bits per heavy atom. The van der Waals surface area contributed by atoms with Crippen molar-refractivity contribution >= 4 is 17.6 Å². The SMILES string of the molecule is C#CC(C)OC(=O)c1ccc(Cl)cc1. The summed E-state index contributed by atoms with van der Waals surface area (Å²) in [5, 5.41) is 0.576. The van der Waals surface area contributed by atoms with Gasteiger partial charge in [-0.2, -0.15) is 0 Å². The number of esters is 1. The van der Waals surface area contributed by atoms with Crippen molar-refractivity contribution in [1.82, 2.24) is 0 Å². The maximum absolute atomic E-state index is 11.4. The number of carbonyl (C=O) groups excluding carboxylic acids is 1. The topological polar surface area (TPSA) is 26.3 Å². The van der Waals surface area contributed by atoms with Gasteiger partial charge in [0.2, 0.25) is 0 Å². The van der Waals surface area contributed by atoms with Crippen molar-refractivity contribution in [3.63, 3.8) is 0 Å². The molecule has 0 amide bonds. The lowest BCUT2D eigenvalue weighted by atomic mass is 10.2. The third kappa shape index (κ3) is 2.79. The van der Waals surface area contributed by atoms with Crippen molar-refractivity contribution < 1.29 is 9.53 Å². The van der Waals surface area contributed by atoms with Gasteiger partial charge in [0.1, 0.15) is 0 Å². The molecule has 0 spiro atoms. The van der Waals surface area contributed by atoms with Crippen molar-refractivity contribution in [2.24, 2.45) is 0 Å². The third-order valence-electron chi connectivity index (χ3n) is 1.60. The maximum Gasteiger partial charge on any atom is 0.339 e. The van der Waals surface area contributed by atoms with Gasteiger partial charge in [0, 0.05) is 5.02 Å². The van der Waals surface area contributed by atoms with Gasteiger partial charge in [-0.05, 0) is 31.2 Å². The molecule has 0 aliphatic rings. The Balaban J connectivity index is 2.71. The number of hydrogen-bond acceptors (Lipinski definition) is 2. The summed E-state index contributed by atoms with van der Waals surface area (Å²) in [6, 6.07) is 6.43. The summed E-state index contributed by atoms with van der Waals surface area (Å²) in [6.45, 7) is 1.63. The number of rotatable bonds is 2. The zero-order valence-corrected chi connectivity index (χ0v) is 8.41. The number of hydrogen-bond donors (Lipinski definition) is 0. The molecule has 0 bridgehead atoms. The van der Waals surface area contributed by atoms with Crippen molar-refractivity contribution in [3.8, 4) is 12.3 Å². The second kappa shape index (κ2) is 4.69. The first kappa shape index (κ1) is 10.6. The lowest BCUT2D eigenvalue weighted by Crippen LogP contribution is -2.12. The van der Waals surface area contributed by atoms with Gasteiger partial charge in [0.05, 0.1) is 5.56 Å². The van der Waals surface area contributed by atoms with Crippen LogP contribution in [-0.2, 0) is 4.74 Å². The van der Waals surface area contributed by atoms with Crippen molar-refractivity contribution in [2.45, 2.75) is 13.0 Å². The Bertz CT molecular complexity index is 362. The molecule has 1 aromatic carbocycles. The molecule has 3 heteroatoms. The summed E-state index contributed by atoms with van der Waals surface area (Å²) in [5.74, 6) is 1.87. The van der Waals surface area contributed by atoms with Crippen LogP contribution in [-0.4, -0.2) is 12.1 Å². The fourth-order valence-corrected chi connectivity index (χ4v) is 0.975. The molecule has 2 nitrogen and oxygen atoms in total. The molecule has 0 saturated heterocycles. The first-order valence-electron chi connectivity index (χ1n) is 4.06. The molecule has 0 N–H and O–H groups in total. The van der Waals surface area contributed by atoms with E-state index in [4.69, 9.17) is 22.8 Å². The highest BCUT2D eigenvalue weighted by Gasteiger charge is 2.09. The van der Waals surface area contributed by atoms with Gasteiger partial charge in [-0.15, -0.1) is 6.42 Å². The Morgan fingerprint density at radius 1 is 1.50 bits per heavy atom. The lowest BCUT2D eigenvalue weighted by molar-refractivity contribution is 0.0439. The molecule has 1 rings (SSSR count). The Hall–Kier alpha value is -1.46. The van der Waals surface area contributed by atoms with Crippen LogP contribution >= 0.6 is 11.6 Å². The Morgan fingerprint density at radius 3 is 2.57 bits per heavy atom. The highest BCUT2D eigenvalue weighted by Crippen LogP contribution is 2.10. The fraction of sp³-hybridized carbons (Fsp3) is 0.182. The maximum atomic E-state index is 11.4. The van der Waals surface area contributed by atoms with Crippen LogP contribution in [0, 0.1) is 12.3 Å². The minimum Gasteiger partial charge on any atom is -0.446 e. The normalized spacial score (nSPS) is 11.5. The molecule has 1 aromatic rings. The van der Waals surface area contributed by atoms with E-state index in [-0.39, 0.29) is 0 Å². The van der Waals surface area contributed by atoms with Gasteiger partial charge in [-0.1, -0.05) is 17.5 Å². The lowest BCUT2D eigenvalue weighted by Gasteiger charge is -2.06. The molecule has 0 aromatic heterocycles. The van der Waals surface area contributed by atoms with E-state index in [0.717, 1.165) is 0 Å². The minimum absolute atomic E-state index is 0.438. The Labute approximate surface area is 87.8 Å². The fourth-order valence-electron chi connectivity index (χ4n) is 0.849. The summed E-state index contributed by atoms with van der Waals surface area (Å²) in [7, 11) is 0. The molecular weight excluding hydrogens is 200 g/mol. The summed E-state index contributed by atoms with van der Waals surface area (Å²) in [4.78, 5) is 11.4. The van der Waals surface area contributed by atoms with Gasteiger partial charge < -0.3 is 4.74 Å². The second-order valence-corrected chi connectivity index (χ2v) is 3.16. The monoisotopic (exact) mass is 208 g/mol. The molecule has 0 fully saturated rings. The van der Waals surface area contributed by atoms with Crippen LogP contribution in [0.25, 0.3) is 0 Å². The van der Waals surface area contributed by atoms with Crippen LogP contribution in [0.1, 0.15) is 17.3 Å². The molecule has 0 aliphatic heterocycles. The predicted molar refractivity (Wildman–Crippen MR) is 55.2 cm³/mol. The van der Waals surface area contributed by atoms with Crippen molar-refractivity contribution in [2.75, 3.05) is 0 Å². The number of terminal acetylenes is 1. The van der Waals surface area contributed by atoms with Gasteiger partial charge in [0.15, 0.2) is 6.10 Å². The molecule has 0 saturated carbocycles. The predicted octanol–water partition coefficient (Wildman–Crippen LogP) is 2.52. The van der Waals surface area contributed by atoms with Crippen LogP contribution in [0.2, 0.25) is 5.02 Å². The first-order valence-corrected chi connectivity index (χ1v) is 4.44. The van der Waals surface area contributed by atoms with Crippen LogP contribution in [0.4, 0.5) is 0 Å². The summed E-state index contributed by atoms with van der Waals surface area (Å²) >= 11 is 5.66. The van der Waals surface area contributed by atoms with Gasteiger partial charge >= 0.3 is 5.97 Å². The third-order valence-corrected chi connectivity index (χ3v) is 1.85. The summed E-state index contributed by atoms with van der Waals surface area (Å²) < 4.78 is 4.91. The Kier molecular flexibility index (Phi) is 3.55. The van der Waals surface area contributed by atoms with Crippen LogP contribution in [0.5, 0.6) is 0 Å². The first-order chi connectivity index (χ1) is 6.63. The molecular formula is C11H9ClO2. The van der Waals surface area contributed by atoms with Crippen LogP contribution in [0.15, 0.2) is 24.3 Å². The van der Waals surface area contributed by atoms with E-state index in [9.17, 15) is 4.79 Å². The molecule has 1 unspecified atom stereocenters. The zero-order valence-electron chi connectivity index (χ0n) is 7.66. The number of ether oxygens (including phenoxy) is 1. The minimum atomic E-state index is -0.516. The van der Waals surface area contributed by atoms with E-state index in [1.165, 1.54) is 0 Å². The highest BCUT2D eigenvalue weighted by molar-refractivity contribution is 6.30. The molecule has 0 heterocycles. The van der Waals surface area contributed by atoms with Gasteiger partial charge in [0.25, 0.3) is 0 Å². The zero-order chi connectivity index (χ0) is 10.6. The highest BCUT2D eigenvalue weighted by atomic mass is 35.5. The van der Waals surface area contributed by atoms with Crippen LogP contribution in [0.3, 0.4) is 0 Å². The molecule has 1 atom stereocenters. The van der Waals surface area contributed by atoms with Crippen LogP contribution < -0.4 is 0 Å². The van der Waals surface area contributed by atoms with Gasteiger partial charge in [-0.3, -0.25) is 0 Å². The van der Waals surface area contributed by atoms with Crippen molar-refractivity contribution in [3.05, 3.63) is 34.9 Å². The molecule has 0 aliphatic carbocycles. The molecule has 14 heavy (non-hydrogen) atoms. The van der Waals surface area contributed by atoms with E-state index in [1.807, 2.05) is 0 Å². The van der Waals surface area contributed by atoms with E-state index in [2.05, 4.69) is 5.92 Å². The average molecular weight is 209 g/mol. The van der Waals surface area contributed by atoms with E-state index >= 15 is 0 Å².